The molecule has 0 saturated carbocycles. The van der Waals surface area contributed by atoms with Crippen molar-refractivity contribution in [1.29, 1.82) is 0 Å². The molecule has 0 saturated heterocycles. The van der Waals surface area contributed by atoms with E-state index in [2.05, 4.69) is 16.0 Å². The second kappa shape index (κ2) is 13.1. The Kier molecular flexibility index (Phi) is 9.14. The summed E-state index contributed by atoms with van der Waals surface area (Å²) in [6.07, 6.45) is -9.31. The molecule has 0 spiro atoms. The van der Waals surface area contributed by atoms with Crippen LogP contribution in [-0.2, 0) is 21.9 Å². The average Bonchev–Trinajstić information content (AvgIpc) is 3.00. The number of nitrogens with one attached hydrogen (secondary N) is 3. The lowest BCUT2D eigenvalue weighted by atomic mass is 9.79. The highest BCUT2D eigenvalue weighted by Gasteiger charge is 2.38. The highest BCUT2D eigenvalue weighted by molar-refractivity contribution is 6.12. The smallest absolute Gasteiger partial charge is 0.416 e. The van der Waals surface area contributed by atoms with Gasteiger partial charge in [0.25, 0.3) is 11.8 Å². The van der Waals surface area contributed by atoms with E-state index in [1.165, 1.54) is 12.1 Å². The quantitative estimate of drug-likeness (QED) is 0.174. The lowest BCUT2D eigenvalue weighted by Gasteiger charge is -2.31. The zero-order valence-corrected chi connectivity index (χ0v) is 24.9. The van der Waals surface area contributed by atoms with Crippen molar-refractivity contribution in [3.8, 4) is 11.5 Å². The zero-order chi connectivity index (χ0) is 33.9. The molecule has 0 radical (unpaired) electrons. The lowest BCUT2D eigenvalue weighted by Crippen LogP contribution is -2.35. The molecule has 12 heteroatoms. The van der Waals surface area contributed by atoms with E-state index in [0.29, 0.717) is 28.5 Å². The van der Waals surface area contributed by atoms with E-state index in [1.54, 1.807) is 62.4 Å². The maximum absolute atomic E-state index is 13.9. The number of para-hydroxylation sites is 1. The Morgan fingerprint density at radius 2 is 1.09 bits per heavy atom. The van der Waals surface area contributed by atoms with Crippen molar-refractivity contribution in [2.75, 3.05) is 10.6 Å². The Morgan fingerprint density at radius 1 is 0.617 bits per heavy atom. The molecule has 0 fully saturated rings. The Morgan fingerprint density at radius 3 is 1.57 bits per heavy atom. The zero-order valence-electron chi connectivity index (χ0n) is 24.9. The number of amides is 2. The molecule has 6 nitrogen and oxygen atoms in total. The average molecular weight is 652 g/mol. The van der Waals surface area contributed by atoms with Gasteiger partial charge in [0.2, 0.25) is 0 Å². The number of alkyl halides is 6. The molecule has 1 aliphatic heterocycles. The van der Waals surface area contributed by atoms with Crippen LogP contribution < -0.4 is 20.7 Å². The van der Waals surface area contributed by atoms with Gasteiger partial charge in [0, 0.05) is 39.8 Å². The molecule has 4 aromatic rings. The first-order chi connectivity index (χ1) is 22.2. The van der Waals surface area contributed by atoms with Crippen LogP contribution in [0, 0.1) is 0 Å². The Balaban J connectivity index is 1.56. The van der Waals surface area contributed by atoms with Crippen LogP contribution in [0.5, 0.6) is 11.5 Å². The monoisotopic (exact) mass is 651 g/mol. The number of anilines is 2. The van der Waals surface area contributed by atoms with Crippen LogP contribution in [0.3, 0.4) is 0 Å². The number of benzene rings is 4. The fraction of sp³-hybridized carbons (Fsp3) is 0.143. The second-order valence-corrected chi connectivity index (χ2v) is 10.7. The summed E-state index contributed by atoms with van der Waals surface area (Å²) < 4.78 is 86.3. The van der Waals surface area contributed by atoms with Gasteiger partial charge in [-0.3, -0.25) is 9.59 Å². The molecule has 0 aromatic heterocycles. The van der Waals surface area contributed by atoms with Crippen molar-refractivity contribution in [2.24, 2.45) is 0 Å². The summed E-state index contributed by atoms with van der Waals surface area (Å²) in [5, 5.41) is 8.00. The van der Waals surface area contributed by atoms with Crippen molar-refractivity contribution in [2.45, 2.75) is 32.1 Å². The number of hydrogen-bond acceptors (Lipinski definition) is 4. The van der Waals surface area contributed by atoms with Crippen LogP contribution in [0.1, 0.15) is 36.5 Å². The van der Waals surface area contributed by atoms with Gasteiger partial charge in [0.05, 0.1) is 11.1 Å². The number of dihydropyridines is 1. The predicted molar refractivity (Wildman–Crippen MR) is 164 cm³/mol. The largest absolute Gasteiger partial charge is 0.457 e. The molecule has 1 aliphatic rings. The normalized spacial score (nSPS) is 14.0. The lowest BCUT2D eigenvalue weighted by molar-refractivity contribution is -0.138. The molecule has 47 heavy (non-hydrogen) atoms. The van der Waals surface area contributed by atoms with Crippen molar-refractivity contribution < 1.29 is 40.7 Å². The van der Waals surface area contributed by atoms with Gasteiger partial charge in [-0.15, -0.1) is 0 Å². The number of allylic oxidation sites excluding steroid dienone is 2. The highest BCUT2D eigenvalue weighted by atomic mass is 19.4. The maximum Gasteiger partial charge on any atom is 0.416 e. The van der Waals surface area contributed by atoms with E-state index < -0.39 is 41.2 Å². The van der Waals surface area contributed by atoms with Crippen LogP contribution in [-0.4, -0.2) is 11.8 Å². The summed E-state index contributed by atoms with van der Waals surface area (Å²) in [4.78, 5) is 27.8. The van der Waals surface area contributed by atoms with Gasteiger partial charge in [0.1, 0.15) is 11.5 Å². The molecule has 0 bridgehead atoms. The van der Waals surface area contributed by atoms with Gasteiger partial charge in [0.15, 0.2) is 0 Å². The summed E-state index contributed by atoms with van der Waals surface area (Å²) >= 11 is 0. The maximum atomic E-state index is 13.9. The van der Waals surface area contributed by atoms with Crippen molar-refractivity contribution in [3.63, 3.8) is 0 Å². The number of carbonyl (C=O) groups is 2. The molecule has 0 aliphatic carbocycles. The topological polar surface area (TPSA) is 79.5 Å². The van der Waals surface area contributed by atoms with Gasteiger partial charge in [-0.1, -0.05) is 42.5 Å². The van der Waals surface area contributed by atoms with Crippen molar-refractivity contribution in [3.05, 3.63) is 142 Å². The van der Waals surface area contributed by atoms with Gasteiger partial charge >= 0.3 is 12.4 Å². The van der Waals surface area contributed by atoms with E-state index in [-0.39, 0.29) is 22.5 Å². The van der Waals surface area contributed by atoms with Gasteiger partial charge in [-0.25, -0.2) is 0 Å². The molecule has 2 amide bonds. The molecule has 5 rings (SSSR count). The number of halogens is 6. The van der Waals surface area contributed by atoms with E-state index in [0.717, 1.165) is 36.4 Å². The predicted octanol–water partition coefficient (Wildman–Crippen LogP) is 9.03. The molecule has 0 atom stereocenters. The minimum absolute atomic E-state index is 0.000866. The summed E-state index contributed by atoms with van der Waals surface area (Å²) in [6, 6.07) is 23.6. The van der Waals surface area contributed by atoms with Crippen LogP contribution >= 0.6 is 0 Å². The fourth-order valence-corrected chi connectivity index (χ4v) is 5.26. The molecule has 1 heterocycles. The van der Waals surface area contributed by atoms with Crippen LogP contribution in [0.2, 0.25) is 0 Å². The third-order valence-electron chi connectivity index (χ3n) is 7.32. The van der Waals surface area contributed by atoms with Crippen LogP contribution in [0.25, 0.3) is 0 Å². The Hall–Kier alpha value is -5.52. The van der Waals surface area contributed by atoms with E-state index in [4.69, 9.17) is 4.74 Å². The third-order valence-corrected chi connectivity index (χ3v) is 7.32. The summed E-state index contributed by atoms with van der Waals surface area (Å²) in [5.41, 5.74) is -1.19. The van der Waals surface area contributed by atoms with Gasteiger partial charge < -0.3 is 20.7 Å². The first-order valence-electron chi connectivity index (χ1n) is 14.2. The fourth-order valence-electron chi connectivity index (χ4n) is 5.26. The first-order valence-corrected chi connectivity index (χ1v) is 14.2. The number of rotatable bonds is 7. The first kappa shape index (κ1) is 32.9. The summed E-state index contributed by atoms with van der Waals surface area (Å²) in [7, 11) is 0. The van der Waals surface area contributed by atoms with Crippen LogP contribution in [0.15, 0.2) is 126 Å². The number of hydrogen-bond donors (Lipinski definition) is 3. The van der Waals surface area contributed by atoms with Crippen molar-refractivity contribution >= 4 is 23.2 Å². The molecule has 242 valence electrons. The van der Waals surface area contributed by atoms with E-state index >= 15 is 0 Å². The summed E-state index contributed by atoms with van der Waals surface area (Å²) in [6.45, 7) is 3.15. The summed E-state index contributed by atoms with van der Waals surface area (Å²) in [5.74, 6) is -1.85. The van der Waals surface area contributed by atoms with Gasteiger partial charge in [-0.05, 0) is 80.1 Å². The standard InChI is InChI=1S/C35H27F6N3O3/c1-20-29(32(45)43-25-12-7-10-23(18-25)34(36,37)38)31(22-9-6-16-28(17-22)47-27-14-4-3-5-15-27)30(21(2)42-20)33(46)44-26-13-8-11-24(19-26)35(39,40)41/h3-19,31,42H,1-2H3,(H,43,45)(H,44,46). The SMILES string of the molecule is CC1=C(C(=O)Nc2cccc(C(F)(F)F)c2)C(c2cccc(Oc3ccccc3)c2)C(C(=O)Nc2cccc(C(F)(F)F)c2)=C(C)N1. The molecular weight excluding hydrogens is 624 g/mol. The molecule has 3 N–H and O–H groups in total. The highest BCUT2D eigenvalue weighted by Crippen LogP contribution is 2.41. The second-order valence-electron chi connectivity index (χ2n) is 10.7. The van der Waals surface area contributed by atoms with Crippen LogP contribution in [0.4, 0.5) is 37.7 Å². The number of carbonyl (C=O) groups excluding carboxylic acids is 2. The Labute approximate surface area is 265 Å². The van der Waals surface area contributed by atoms with E-state index in [9.17, 15) is 35.9 Å². The molecule has 4 aromatic carbocycles. The van der Waals surface area contributed by atoms with Gasteiger partial charge in [-0.2, -0.15) is 26.3 Å². The third kappa shape index (κ3) is 7.66. The van der Waals surface area contributed by atoms with E-state index in [1.807, 2.05) is 6.07 Å². The number of ether oxygens (including phenoxy) is 1. The molecule has 0 unspecified atom stereocenters. The minimum atomic E-state index is -4.65. The Bertz CT molecular complexity index is 1790. The molecular formula is C35H27F6N3O3. The minimum Gasteiger partial charge on any atom is -0.457 e. The van der Waals surface area contributed by atoms with Crippen molar-refractivity contribution in [1.82, 2.24) is 5.32 Å².